The van der Waals surface area contributed by atoms with E-state index in [1.807, 2.05) is 24.3 Å². The minimum absolute atomic E-state index is 0.0406. The molecule has 4 heteroatoms. The van der Waals surface area contributed by atoms with Crippen molar-refractivity contribution in [2.75, 3.05) is 0 Å². The lowest BCUT2D eigenvalue weighted by Gasteiger charge is -2.14. The SMILES string of the molecule is CCCC(CC=O)n1c(=O)[nH]c2ccccc21. The number of rotatable bonds is 5. The summed E-state index contributed by atoms with van der Waals surface area (Å²) in [4.78, 5) is 25.4. The quantitative estimate of drug-likeness (QED) is 0.804. The smallest absolute Gasteiger partial charge is 0.306 e. The summed E-state index contributed by atoms with van der Waals surface area (Å²) < 4.78 is 1.70. The largest absolute Gasteiger partial charge is 0.326 e. The molecule has 2 aromatic rings. The molecule has 1 aromatic heterocycles. The highest BCUT2D eigenvalue weighted by atomic mass is 16.1. The number of hydrogen-bond acceptors (Lipinski definition) is 2. The van der Waals surface area contributed by atoms with E-state index in [4.69, 9.17) is 0 Å². The van der Waals surface area contributed by atoms with Crippen molar-refractivity contribution in [2.45, 2.75) is 32.2 Å². The maximum absolute atomic E-state index is 11.9. The number of aromatic amines is 1. The third-order valence-corrected chi connectivity index (χ3v) is 2.98. The van der Waals surface area contributed by atoms with Gasteiger partial charge in [0.2, 0.25) is 0 Å². The van der Waals surface area contributed by atoms with Crippen LogP contribution in [0.25, 0.3) is 11.0 Å². The van der Waals surface area contributed by atoms with Crippen LogP contribution in [0.2, 0.25) is 0 Å². The van der Waals surface area contributed by atoms with Gasteiger partial charge in [-0.1, -0.05) is 25.5 Å². The van der Waals surface area contributed by atoms with Gasteiger partial charge in [0, 0.05) is 12.5 Å². The van der Waals surface area contributed by atoms with Gasteiger partial charge in [0.25, 0.3) is 0 Å². The summed E-state index contributed by atoms with van der Waals surface area (Å²) in [5.74, 6) is 0. The highest BCUT2D eigenvalue weighted by molar-refractivity contribution is 5.75. The molecule has 0 aliphatic heterocycles. The number of nitrogens with one attached hydrogen (secondary N) is 1. The molecule has 1 N–H and O–H groups in total. The van der Waals surface area contributed by atoms with Crippen molar-refractivity contribution in [3.63, 3.8) is 0 Å². The van der Waals surface area contributed by atoms with Gasteiger partial charge in [-0.25, -0.2) is 4.79 Å². The summed E-state index contributed by atoms with van der Waals surface area (Å²) in [6.07, 6.45) is 3.05. The van der Waals surface area contributed by atoms with E-state index >= 15 is 0 Å². The van der Waals surface area contributed by atoms with Gasteiger partial charge in [0.1, 0.15) is 6.29 Å². The molecule has 90 valence electrons. The molecule has 0 bridgehead atoms. The zero-order valence-electron chi connectivity index (χ0n) is 9.85. The number of para-hydroxylation sites is 2. The average Bonchev–Trinajstić information content (AvgIpc) is 2.64. The molecule has 2 rings (SSSR count). The predicted molar refractivity (Wildman–Crippen MR) is 67.2 cm³/mol. The fourth-order valence-corrected chi connectivity index (χ4v) is 2.23. The monoisotopic (exact) mass is 232 g/mol. The number of aldehydes is 1. The van der Waals surface area contributed by atoms with Gasteiger partial charge in [-0.2, -0.15) is 0 Å². The number of nitrogens with zero attached hydrogens (tertiary/aromatic N) is 1. The van der Waals surface area contributed by atoms with Gasteiger partial charge in [0.15, 0.2) is 0 Å². The number of imidazole rings is 1. The van der Waals surface area contributed by atoms with Gasteiger partial charge in [-0.05, 0) is 18.6 Å². The average molecular weight is 232 g/mol. The standard InChI is InChI=1S/C13H16N2O2/c1-2-5-10(8-9-16)15-12-7-4-3-6-11(12)14-13(15)17/h3-4,6-7,9-10H,2,5,8H2,1H3,(H,14,17). The number of H-pyrrole nitrogens is 1. The Kier molecular flexibility index (Phi) is 3.42. The van der Waals surface area contributed by atoms with E-state index in [2.05, 4.69) is 11.9 Å². The summed E-state index contributed by atoms with van der Waals surface area (Å²) in [5.41, 5.74) is 1.56. The molecular weight excluding hydrogens is 216 g/mol. The van der Waals surface area contributed by atoms with Crippen LogP contribution in [0.4, 0.5) is 0 Å². The van der Waals surface area contributed by atoms with Gasteiger partial charge >= 0.3 is 5.69 Å². The Hall–Kier alpha value is -1.84. The molecule has 1 aromatic carbocycles. The third kappa shape index (κ3) is 2.16. The van der Waals surface area contributed by atoms with Crippen LogP contribution in [-0.4, -0.2) is 15.8 Å². The highest BCUT2D eigenvalue weighted by Crippen LogP contribution is 2.20. The highest BCUT2D eigenvalue weighted by Gasteiger charge is 2.15. The number of fused-ring (bicyclic) bond motifs is 1. The summed E-state index contributed by atoms with van der Waals surface area (Å²) in [6.45, 7) is 2.05. The van der Waals surface area contributed by atoms with Crippen molar-refractivity contribution >= 4 is 17.3 Å². The number of aromatic nitrogens is 2. The Balaban J connectivity index is 2.55. The lowest BCUT2D eigenvalue weighted by molar-refractivity contribution is -0.108. The molecule has 0 fully saturated rings. The molecular formula is C13H16N2O2. The second-order valence-corrected chi connectivity index (χ2v) is 4.16. The summed E-state index contributed by atoms with van der Waals surface area (Å²) in [6, 6.07) is 7.52. The minimum atomic E-state index is -0.133. The molecule has 0 saturated carbocycles. The summed E-state index contributed by atoms with van der Waals surface area (Å²) >= 11 is 0. The van der Waals surface area contributed by atoms with Gasteiger partial charge < -0.3 is 9.78 Å². The Morgan fingerprint density at radius 1 is 1.41 bits per heavy atom. The van der Waals surface area contributed by atoms with Gasteiger partial charge in [0.05, 0.1) is 11.0 Å². The van der Waals surface area contributed by atoms with Crippen LogP contribution in [0.15, 0.2) is 29.1 Å². The first-order chi connectivity index (χ1) is 8.27. The first kappa shape index (κ1) is 11.6. The predicted octanol–water partition coefficient (Wildman–Crippen LogP) is 2.26. The molecule has 0 spiro atoms. The van der Waals surface area contributed by atoms with Crippen LogP contribution >= 0.6 is 0 Å². The molecule has 1 atom stereocenters. The zero-order valence-corrected chi connectivity index (χ0v) is 9.85. The van der Waals surface area contributed by atoms with Gasteiger partial charge in [-0.15, -0.1) is 0 Å². The Morgan fingerprint density at radius 2 is 2.18 bits per heavy atom. The second-order valence-electron chi connectivity index (χ2n) is 4.16. The van der Waals surface area contributed by atoms with E-state index in [9.17, 15) is 9.59 Å². The molecule has 0 saturated heterocycles. The molecule has 0 aliphatic rings. The summed E-state index contributed by atoms with van der Waals surface area (Å²) in [5, 5.41) is 0. The van der Waals surface area contributed by atoms with Crippen molar-refractivity contribution in [3.8, 4) is 0 Å². The van der Waals surface area contributed by atoms with E-state index in [-0.39, 0.29) is 11.7 Å². The van der Waals surface area contributed by atoms with Gasteiger partial charge in [-0.3, -0.25) is 4.57 Å². The van der Waals surface area contributed by atoms with Crippen molar-refractivity contribution in [2.24, 2.45) is 0 Å². The molecule has 4 nitrogen and oxygen atoms in total. The van der Waals surface area contributed by atoms with Crippen LogP contribution in [0, 0.1) is 0 Å². The molecule has 17 heavy (non-hydrogen) atoms. The fourth-order valence-electron chi connectivity index (χ4n) is 2.23. The van der Waals surface area contributed by atoms with Crippen LogP contribution in [0.3, 0.4) is 0 Å². The second kappa shape index (κ2) is 4.99. The number of hydrogen-bond donors (Lipinski definition) is 1. The summed E-state index contributed by atoms with van der Waals surface area (Å²) in [7, 11) is 0. The normalized spacial score (nSPS) is 12.8. The van der Waals surface area contributed by atoms with E-state index in [0.29, 0.717) is 6.42 Å². The zero-order chi connectivity index (χ0) is 12.3. The first-order valence-electron chi connectivity index (χ1n) is 5.90. The number of benzene rings is 1. The number of carbonyl (C=O) groups is 1. The first-order valence-corrected chi connectivity index (χ1v) is 5.90. The van der Waals surface area contributed by atoms with E-state index in [1.165, 1.54) is 0 Å². The topological polar surface area (TPSA) is 54.9 Å². The molecule has 1 heterocycles. The van der Waals surface area contributed by atoms with Crippen molar-refractivity contribution < 1.29 is 4.79 Å². The Morgan fingerprint density at radius 3 is 2.88 bits per heavy atom. The van der Waals surface area contributed by atoms with Crippen LogP contribution < -0.4 is 5.69 Å². The fraction of sp³-hybridized carbons (Fsp3) is 0.385. The minimum Gasteiger partial charge on any atom is -0.306 e. The van der Waals surface area contributed by atoms with Crippen molar-refractivity contribution in [1.29, 1.82) is 0 Å². The van der Waals surface area contributed by atoms with Crippen molar-refractivity contribution in [3.05, 3.63) is 34.7 Å². The van der Waals surface area contributed by atoms with Crippen LogP contribution in [0.1, 0.15) is 32.2 Å². The molecule has 0 radical (unpaired) electrons. The third-order valence-electron chi connectivity index (χ3n) is 2.98. The van der Waals surface area contributed by atoms with Crippen LogP contribution in [0.5, 0.6) is 0 Å². The Bertz CT molecular complexity index is 568. The lowest BCUT2D eigenvalue weighted by Crippen LogP contribution is -2.22. The van der Waals surface area contributed by atoms with E-state index in [1.54, 1.807) is 4.57 Å². The van der Waals surface area contributed by atoms with Crippen LogP contribution in [-0.2, 0) is 4.79 Å². The van der Waals surface area contributed by atoms with E-state index < -0.39 is 0 Å². The van der Waals surface area contributed by atoms with Crippen molar-refractivity contribution in [1.82, 2.24) is 9.55 Å². The van der Waals surface area contributed by atoms with E-state index in [0.717, 1.165) is 30.2 Å². The molecule has 0 amide bonds. The number of carbonyl (C=O) groups excluding carboxylic acids is 1. The maximum Gasteiger partial charge on any atom is 0.326 e. The lowest BCUT2D eigenvalue weighted by atomic mass is 10.1. The Labute approximate surface area is 99.3 Å². The molecule has 1 unspecified atom stereocenters. The molecule has 0 aliphatic carbocycles. The maximum atomic E-state index is 11.9.